The normalized spacial score (nSPS) is 15.6. The van der Waals surface area contributed by atoms with Crippen molar-refractivity contribution in [2.45, 2.75) is 19.6 Å². The van der Waals surface area contributed by atoms with E-state index in [0.717, 1.165) is 29.2 Å². The monoisotopic (exact) mass is 444 g/mol. The van der Waals surface area contributed by atoms with Gasteiger partial charge in [-0.25, -0.2) is 0 Å². The van der Waals surface area contributed by atoms with Gasteiger partial charge in [0.1, 0.15) is 17.6 Å². The molecule has 1 N–H and O–H groups in total. The molecule has 3 aromatic rings. The lowest BCUT2D eigenvalue weighted by atomic mass is 10.1. The van der Waals surface area contributed by atoms with Crippen LogP contribution in [-0.2, 0) is 6.54 Å². The second-order valence-electron chi connectivity index (χ2n) is 8.08. The van der Waals surface area contributed by atoms with Crippen molar-refractivity contribution in [3.05, 3.63) is 95.1 Å². The minimum atomic E-state index is -0.195. The van der Waals surface area contributed by atoms with Gasteiger partial charge in [0.25, 0.3) is 5.91 Å². The molecule has 6 nitrogen and oxygen atoms in total. The smallest absolute Gasteiger partial charge is 0.251 e. The first kappa shape index (κ1) is 22.6. The number of nitrogens with one attached hydrogen (secondary N) is 1. The van der Waals surface area contributed by atoms with E-state index in [2.05, 4.69) is 16.3 Å². The fourth-order valence-corrected chi connectivity index (χ4v) is 4.03. The number of benzene rings is 3. The van der Waals surface area contributed by atoms with Crippen molar-refractivity contribution in [2.24, 2.45) is 0 Å². The maximum Gasteiger partial charge on any atom is 0.251 e. The molecule has 1 aliphatic rings. The first-order valence-corrected chi connectivity index (χ1v) is 11.0. The van der Waals surface area contributed by atoms with Gasteiger partial charge in [-0.2, -0.15) is 0 Å². The zero-order chi connectivity index (χ0) is 23.2. The molecule has 1 amide bonds. The largest absolute Gasteiger partial charge is 0.496 e. The molecular weight excluding hydrogens is 416 g/mol. The molecule has 0 saturated heterocycles. The van der Waals surface area contributed by atoms with Crippen molar-refractivity contribution < 1.29 is 19.1 Å². The molecule has 0 aromatic heterocycles. The number of carbonyl (C=O) groups excluding carboxylic acids is 2. The number of carbonyl (C=O) groups is 2. The zero-order valence-electron chi connectivity index (χ0n) is 18.9. The molecule has 0 radical (unpaired) electrons. The summed E-state index contributed by atoms with van der Waals surface area (Å²) in [6.07, 6.45) is -0.195. The highest BCUT2D eigenvalue weighted by Crippen LogP contribution is 2.34. The van der Waals surface area contributed by atoms with Crippen LogP contribution in [0.15, 0.2) is 72.8 Å². The van der Waals surface area contributed by atoms with Crippen LogP contribution in [0.25, 0.3) is 0 Å². The molecular formula is C27H28N2O4. The van der Waals surface area contributed by atoms with E-state index in [-0.39, 0.29) is 17.8 Å². The van der Waals surface area contributed by atoms with Crippen LogP contribution < -0.4 is 14.8 Å². The topological polar surface area (TPSA) is 67.9 Å². The van der Waals surface area contributed by atoms with E-state index in [1.807, 2.05) is 42.5 Å². The number of nitrogens with zero attached hydrogens (tertiary/aromatic N) is 1. The molecule has 0 spiro atoms. The summed E-state index contributed by atoms with van der Waals surface area (Å²) in [4.78, 5) is 26.3. The Balaban J connectivity index is 1.45. The lowest BCUT2D eigenvalue weighted by molar-refractivity contribution is 0.0941. The fraction of sp³-hybridized carbons (Fsp3) is 0.259. The summed E-state index contributed by atoms with van der Waals surface area (Å²) < 4.78 is 12.0. The summed E-state index contributed by atoms with van der Waals surface area (Å²) in [5.41, 5.74) is 3.24. The maximum atomic E-state index is 12.5. The van der Waals surface area contributed by atoms with Gasteiger partial charge in [-0.1, -0.05) is 48.5 Å². The Morgan fingerprint density at radius 1 is 1.00 bits per heavy atom. The molecule has 33 heavy (non-hydrogen) atoms. The summed E-state index contributed by atoms with van der Waals surface area (Å²) in [6, 6.07) is 22.7. The number of hydrogen-bond donors (Lipinski definition) is 1. The van der Waals surface area contributed by atoms with Crippen LogP contribution in [0.4, 0.5) is 0 Å². The molecule has 0 unspecified atom stereocenters. The van der Waals surface area contributed by atoms with Gasteiger partial charge >= 0.3 is 0 Å². The van der Waals surface area contributed by atoms with Crippen molar-refractivity contribution in [2.75, 3.05) is 26.7 Å². The van der Waals surface area contributed by atoms with Crippen LogP contribution in [0, 0.1) is 0 Å². The third kappa shape index (κ3) is 5.41. The Morgan fingerprint density at radius 2 is 1.70 bits per heavy atom. The number of hydrogen-bond acceptors (Lipinski definition) is 5. The molecule has 4 rings (SSSR count). The molecule has 0 fully saturated rings. The van der Waals surface area contributed by atoms with Gasteiger partial charge in [-0.05, 0) is 31.2 Å². The van der Waals surface area contributed by atoms with Gasteiger partial charge in [0, 0.05) is 48.4 Å². The maximum absolute atomic E-state index is 12.5. The Bertz CT molecular complexity index is 1130. The molecule has 1 atom stereocenters. The fourth-order valence-electron chi connectivity index (χ4n) is 4.03. The zero-order valence-corrected chi connectivity index (χ0v) is 18.9. The van der Waals surface area contributed by atoms with Gasteiger partial charge in [0.15, 0.2) is 5.78 Å². The van der Waals surface area contributed by atoms with Crippen LogP contribution in [0.2, 0.25) is 0 Å². The number of ether oxygens (including phenoxy) is 2. The van der Waals surface area contributed by atoms with E-state index in [1.165, 1.54) is 6.92 Å². The van der Waals surface area contributed by atoms with Crippen molar-refractivity contribution in [1.29, 1.82) is 0 Å². The van der Waals surface area contributed by atoms with Crippen LogP contribution >= 0.6 is 0 Å². The molecule has 1 heterocycles. The third-order valence-corrected chi connectivity index (χ3v) is 5.81. The van der Waals surface area contributed by atoms with Gasteiger partial charge in [0.05, 0.1) is 7.11 Å². The quantitative estimate of drug-likeness (QED) is 0.552. The Labute approximate surface area is 194 Å². The molecule has 0 saturated carbocycles. The minimum Gasteiger partial charge on any atom is -0.496 e. The average Bonchev–Trinajstić information content (AvgIpc) is 3.03. The van der Waals surface area contributed by atoms with Gasteiger partial charge in [0.2, 0.25) is 0 Å². The SMILES string of the molecule is COc1ccccc1[C@@H]1CN(CCNC(=O)c2ccc(C(C)=O)cc2)Cc2ccccc2O1. The predicted octanol–water partition coefficient (Wildman–Crippen LogP) is 4.26. The highest BCUT2D eigenvalue weighted by molar-refractivity contribution is 5.97. The summed E-state index contributed by atoms with van der Waals surface area (Å²) >= 11 is 0. The van der Waals surface area contributed by atoms with E-state index in [0.29, 0.717) is 30.8 Å². The standard InChI is InChI=1S/C27H28N2O4/c1-19(30)20-11-13-21(14-12-20)27(31)28-15-16-29-17-22-7-3-5-9-24(22)33-26(18-29)23-8-4-6-10-25(23)32-2/h3-14,26H,15-18H2,1-2H3,(H,28,31)/t26-/m0/s1. The number of fused-ring (bicyclic) bond motifs is 1. The van der Waals surface area contributed by atoms with Crippen molar-refractivity contribution >= 4 is 11.7 Å². The van der Waals surface area contributed by atoms with E-state index >= 15 is 0 Å². The van der Waals surface area contributed by atoms with E-state index in [1.54, 1.807) is 31.4 Å². The molecule has 0 bridgehead atoms. The predicted molar refractivity (Wildman–Crippen MR) is 127 cm³/mol. The summed E-state index contributed by atoms with van der Waals surface area (Å²) in [7, 11) is 1.67. The molecule has 170 valence electrons. The number of para-hydroxylation sites is 2. The van der Waals surface area contributed by atoms with Crippen molar-refractivity contribution in [3.63, 3.8) is 0 Å². The Kier molecular flexibility index (Phi) is 7.05. The van der Waals surface area contributed by atoms with Crippen LogP contribution in [0.3, 0.4) is 0 Å². The van der Waals surface area contributed by atoms with Crippen molar-refractivity contribution in [3.8, 4) is 11.5 Å². The lowest BCUT2D eigenvalue weighted by Gasteiger charge is -2.25. The average molecular weight is 445 g/mol. The number of ketones is 1. The summed E-state index contributed by atoms with van der Waals surface area (Å²) in [5.74, 6) is 1.49. The van der Waals surface area contributed by atoms with E-state index in [4.69, 9.17) is 9.47 Å². The summed E-state index contributed by atoms with van der Waals surface area (Å²) in [5, 5.41) is 2.99. The van der Waals surface area contributed by atoms with E-state index in [9.17, 15) is 9.59 Å². The van der Waals surface area contributed by atoms with Crippen LogP contribution in [-0.4, -0.2) is 43.3 Å². The van der Waals surface area contributed by atoms with Crippen LogP contribution in [0.1, 0.15) is 44.9 Å². The van der Waals surface area contributed by atoms with Gasteiger partial charge < -0.3 is 14.8 Å². The van der Waals surface area contributed by atoms with Gasteiger partial charge in [-0.3, -0.25) is 14.5 Å². The molecule has 3 aromatic carbocycles. The highest BCUT2D eigenvalue weighted by atomic mass is 16.5. The first-order valence-electron chi connectivity index (χ1n) is 11.0. The van der Waals surface area contributed by atoms with Crippen molar-refractivity contribution in [1.82, 2.24) is 10.2 Å². The Hall–Kier alpha value is -3.64. The molecule has 1 aliphatic heterocycles. The number of rotatable bonds is 7. The second kappa shape index (κ2) is 10.3. The van der Waals surface area contributed by atoms with Crippen LogP contribution in [0.5, 0.6) is 11.5 Å². The minimum absolute atomic E-state index is 0.0183. The lowest BCUT2D eigenvalue weighted by Crippen LogP contribution is -2.36. The number of amides is 1. The summed E-state index contributed by atoms with van der Waals surface area (Å²) in [6.45, 7) is 4.06. The highest BCUT2D eigenvalue weighted by Gasteiger charge is 2.26. The first-order chi connectivity index (χ1) is 16.0. The molecule has 0 aliphatic carbocycles. The van der Waals surface area contributed by atoms with Gasteiger partial charge in [-0.15, -0.1) is 0 Å². The van der Waals surface area contributed by atoms with E-state index < -0.39 is 0 Å². The molecule has 6 heteroatoms. The number of methoxy groups -OCH3 is 1. The second-order valence-corrected chi connectivity index (χ2v) is 8.08. The Morgan fingerprint density at radius 3 is 2.45 bits per heavy atom. The number of Topliss-reactive ketones (excluding diaryl/α,β-unsaturated/α-hetero) is 1. The third-order valence-electron chi connectivity index (χ3n) is 5.81.